The molecule has 2 heterocycles. The molecule has 0 aliphatic heterocycles. The second-order valence-corrected chi connectivity index (χ2v) is 6.73. The minimum atomic E-state index is -0.507. The first-order valence-electron chi connectivity index (χ1n) is 7.84. The number of hydrogen-bond donors (Lipinski definition) is 1. The third-order valence-corrected chi connectivity index (χ3v) is 4.44. The minimum absolute atomic E-state index is 0.186. The topological polar surface area (TPSA) is 86.0 Å². The Labute approximate surface area is 147 Å². The van der Waals surface area contributed by atoms with Crippen molar-refractivity contribution in [1.29, 1.82) is 0 Å². The largest absolute Gasteiger partial charge is 0.332 e. The molecule has 7 nitrogen and oxygen atoms in total. The maximum Gasteiger partial charge on any atom is 0.332 e. The number of rotatable bonds is 4. The van der Waals surface area contributed by atoms with Crippen LogP contribution in [0.5, 0.6) is 0 Å². The Kier molecular flexibility index (Phi) is 4.54. The van der Waals surface area contributed by atoms with Crippen molar-refractivity contribution in [3.63, 3.8) is 0 Å². The molecule has 0 saturated carbocycles. The number of hydrogen-bond acceptors (Lipinski definition) is 5. The molecule has 3 rings (SSSR count). The number of aromatic nitrogens is 3. The molecule has 0 atom stereocenters. The summed E-state index contributed by atoms with van der Waals surface area (Å²) in [5.41, 5.74) is 1.35. The fourth-order valence-electron chi connectivity index (χ4n) is 2.68. The molecule has 0 aliphatic rings. The van der Waals surface area contributed by atoms with Gasteiger partial charge in [-0.05, 0) is 50.0 Å². The highest BCUT2D eigenvalue weighted by Crippen LogP contribution is 2.12. The van der Waals surface area contributed by atoms with Crippen LogP contribution >= 0.6 is 11.5 Å². The van der Waals surface area contributed by atoms with Crippen LogP contribution in [0.1, 0.15) is 25.5 Å². The summed E-state index contributed by atoms with van der Waals surface area (Å²) >= 11 is 1.09. The van der Waals surface area contributed by atoms with Crippen molar-refractivity contribution < 1.29 is 4.79 Å². The highest BCUT2D eigenvalue weighted by atomic mass is 32.1. The van der Waals surface area contributed by atoms with Gasteiger partial charge >= 0.3 is 5.69 Å². The van der Waals surface area contributed by atoms with E-state index in [9.17, 15) is 14.4 Å². The molecular weight excluding hydrogens is 340 g/mol. The summed E-state index contributed by atoms with van der Waals surface area (Å²) in [4.78, 5) is 37.5. The summed E-state index contributed by atoms with van der Waals surface area (Å²) in [7, 11) is 0. The summed E-state index contributed by atoms with van der Waals surface area (Å²) in [5.74, 6) is -0.339. The number of anilines is 1. The van der Waals surface area contributed by atoms with E-state index in [4.69, 9.17) is 0 Å². The quantitative estimate of drug-likeness (QED) is 0.774. The van der Waals surface area contributed by atoms with E-state index >= 15 is 0 Å². The van der Waals surface area contributed by atoms with E-state index < -0.39 is 11.2 Å². The third-order valence-electron chi connectivity index (χ3n) is 3.82. The Hall–Kier alpha value is -2.74. The highest BCUT2D eigenvalue weighted by molar-refractivity contribution is 7.04. The maximum absolute atomic E-state index is 12.7. The van der Waals surface area contributed by atoms with E-state index in [0.29, 0.717) is 11.2 Å². The summed E-state index contributed by atoms with van der Waals surface area (Å²) in [6.07, 6.45) is 0. The van der Waals surface area contributed by atoms with Crippen LogP contribution in [0.2, 0.25) is 0 Å². The van der Waals surface area contributed by atoms with Crippen molar-refractivity contribution in [2.75, 3.05) is 5.32 Å². The van der Waals surface area contributed by atoms with E-state index in [1.54, 1.807) is 25.3 Å². The predicted octanol–water partition coefficient (Wildman–Crippen LogP) is 2.15. The van der Waals surface area contributed by atoms with E-state index in [1.165, 1.54) is 4.57 Å². The van der Waals surface area contributed by atoms with Gasteiger partial charge in [0.2, 0.25) is 5.91 Å². The van der Waals surface area contributed by atoms with Crippen molar-refractivity contribution in [3.05, 3.63) is 56.0 Å². The zero-order valence-corrected chi connectivity index (χ0v) is 15.0. The van der Waals surface area contributed by atoms with Gasteiger partial charge in [-0.25, -0.2) is 4.79 Å². The number of benzene rings is 1. The van der Waals surface area contributed by atoms with Gasteiger partial charge in [0.05, 0.1) is 5.52 Å². The van der Waals surface area contributed by atoms with Gasteiger partial charge in [0.15, 0.2) is 5.52 Å². The zero-order chi connectivity index (χ0) is 18.1. The Morgan fingerprint density at radius 2 is 2.08 bits per heavy atom. The first-order chi connectivity index (χ1) is 11.9. The molecule has 0 radical (unpaired) electrons. The van der Waals surface area contributed by atoms with Crippen molar-refractivity contribution in [3.8, 4) is 0 Å². The first kappa shape index (κ1) is 17.1. The normalized spacial score (nSPS) is 11.2. The smallest absolute Gasteiger partial charge is 0.325 e. The summed E-state index contributed by atoms with van der Waals surface area (Å²) in [5, 5.41) is 4.39. The molecule has 1 N–H and O–H groups in total. The second-order valence-electron chi connectivity index (χ2n) is 6.10. The Balaban J connectivity index is 2.01. The molecule has 3 aromatic rings. The number of aryl methyl sites for hydroxylation is 1. The molecule has 2 aromatic heterocycles. The lowest BCUT2D eigenvalue weighted by Gasteiger charge is -2.14. The van der Waals surface area contributed by atoms with Crippen LogP contribution in [-0.2, 0) is 11.3 Å². The van der Waals surface area contributed by atoms with E-state index in [2.05, 4.69) is 9.69 Å². The average Bonchev–Trinajstić information content (AvgIpc) is 3.01. The average molecular weight is 358 g/mol. The van der Waals surface area contributed by atoms with Crippen LogP contribution in [-0.4, -0.2) is 19.4 Å². The molecule has 8 heteroatoms. The Morgan fingerprint density at radius 1 is 1.32 bits per heavy atom. The van der Waals surface area contributed by atoms with Crippen molar-refractivity contribution in [1.82, 2.24) is 13.5 Å². The molecule has 0 unspecified atom stereocenters. The molecule has 0 bridgehead atoms. The number of nitrogens with zero attached hydrogens (tertiary/aromatic N) is 3. The fraction of sp³-hybridized carbons (Fsp3) is 0.294. The highest BCUT2D eigenvalue weighted by Gasteiger charge is 2.18. The molecule has 25 heavy (non-hydrogen) atoms. The number of carbonyl (C=O) groups excluding carboxylic acids is 1. The lowest BCUT2D eigenvalue weighted by atomic mass is 10.2. The zero-order valence-electron chi connectivity index (χ0n) is 14.1. The summed E-state index contributed by atoms with van der Waals surface area (Å²) in [6, 6.07) is 7.08. The molecule has 130 valence electrons. The Morgan fingerprint density at radius 3 is 2.76 bits per heavy atom. The number of fused-ring (bicyclic) bond motifs is 1. The third kappa shape index (κ3) is 3.25. The van der Waals surface area contributed by atoms with E-state index in [-0.39, 0.29) is 24.0 Å². The van der Waals surface area contributed by atoms with Gasteiger partial charge in [0.25, 0.3) is 5.56 Å². The van der Waals surface area contributed by atoms with Gasteiger partial charge in [0, 0.05) is 17.1 Å². The fourth-order valence-corrected chi connectivity index (χ4v) is 3.35. The molecular formula is C17H18N4O3S. The molecule has 0 aliphatic carbocycles. The SMILES string of the molecule is Cc1cccc(NC(=O)Cn2c(=O)n(C(C)C)c(=O)c3nscc32)c1. The monoisotopic (exact) mass is 358 g/mol. The van der Waals surface area contributed by atoms with Crippen LogP contribution in [0, 0.1) is 6.92 Å². The van der Waals surface area contributed by atoms with E-state index in [0.717, 1.165) is 21.7 Å². The van der Waals surface area contributed by atoms with Gasteiger partial charge < -0.3 is 5.32 Å². The molecule has 0 saturated heterocycles. The standard InChI is InChI=1S/C17H18N4O3S/c1-10(2)21-16(23)15-13(9-25-19-15)20(17(21)24)8-14(22)18-12-6-4-5-11(3)7-12/h4-7,9-10H,8H2,1-3H3,(H,18,22). The minimum Gasteiger partial charge on any atom is -0.325 e. The van der Waals surface area contributed by atoms with Crippen LogP contribution < -0.4 is 16.6 Å². The lowest BCUT2D eigenvalue weighted by molar-refractivity contribution is -0.116. The van der Waals surface area contributed by atoms with Gasteiger partial charge in [-0.15, -0.1) is 0 Å². The van der Waals surface area contributed by atoms with Gasteiger partial charge in [-0.2, -0.15) is 4.37 Å². The van der Waals surface area contributed by atoms with E-state index in [1.807, 2.05) is 25.1 Å². The van der Waals surface area contributed by atoms with Gasteiger partial charge in [-0.3, -0.25) is 18.7 Å². The van der Waals surface area contributed by atoms with Gasteiger partial charge in [0.1, 0.15) is 6.54 Å². The predicted molar refractivity (Wildman–Crippen MR) is 98.3 cm³/mol. The maximum atomic E-state index is 12.7. The summed E-state index contributed by atoms with van der Waals surface area (Å²) < 4.78 is 6.51. The number of carbonyl (C=O) groups is 1. The van der Waals surface area contributed by atoms with Crippen molar-refractivity contribution in [2.24, 2.45) is 0 Å². The number of nitrogens with one attached hydrogen (secondary N) is 1. The van der Waals surface area contributed by atoms with Crippen LogP contribution in [0.25, 0.3) is 11.0 Å². The number of amides is 1. The van der Waals surface area contributed by atoms with Crippen LogP contribution in [0.3, 0.4) is 0 Å². The Bertz CT molecular complexity index is 1060. The van der Waals surface area contributed by atoms with Crippen molar-refractivity contribution >= 4 is 34.2 Å². The van der Waals surface area contributed by atoms with Gasteiger partial charge in [-0.1, -0.05) is 12.1 Å². The second kappa shape index (κ2) is 6.64. The molecule has 1 aromatic carbocycles. The van der Waals surface area contributed by atoms with Crippen LogP contribution in [0.4, 0.5) is 5.69 Å². The van der Waals surface area contributed by atoms with Crippen LogP contribution in [0.15, 0.2) is 39.2 Å². The molecule has 0 spiro atoms. The molecule has 1 amide bonds. The lowest BCUT2D eigenvalue weighted by Crippen LogP contribution is -2.42. The first-order valence-corrected chi connectivity index (χ1v) is 8.68. The molecule has 0 fully saturated rings. The van der Waals surface area contributed by atoms with Crippen molar-refractivity contribution in [2.45, 2.75) is 33.4 Å². The summed E-state index contributed by atoms with van der Waals surface area (Å²) in [6.45, 7) is 5.24.